The molecule has 2 aromatic carbocycles. The second kappa shape index (κ2) is 30.7. The number of ketones is 2. The number of morpholine rings is 2. The van der Waals surface area contributed by atoms with Crippen molar-refractivity contribution < 1.29 is 87.2 Å². The SMILES string of the molecule is COc1ccc(C(O)C(NC(=O)C(CO)NC(=O)CN2CCOCC2)C(=O)NC(CC2=CCC(C3CCC=C(CC(NC(=O)C(NC(=O)C(NC(=O)CN4CCOCC4)C(C)O)C(O)c4ccc(OC)cc4)C(=O)C4(C)CO4)C3)C2)C(=O)C2(C)CO2)cc1. The summed E-state index contributed by atoms with van der Waals surface area (Å²) in [5, 5.41) is 60.6. The predicted molar refractivity (Wildman–Crippen MR) is 315 cm³/mol. The number of ether oxygens (including phenoxy) is 6. The van der Waals surface area contributed by atoms with E-state index in [9.17, 15) is 58.8 Å². The minimum atomic E-state index is -1.74. The molecule has 4 saturated heterocycles. The molecule has 482 valence electrons. The molecule has 0 saturated carbocycles. The van der Waals surface area contributed by atoms with Gasteiger partial charge in [0.2, 0.25) is 35.4 Å². The largest absolute Gasteiger partial charge is 0.497 e. The molecular formula is C62H86N8O18. The van der Waals surface area contributed by atoms with Crippen LogP contribution in [0, 0.1) is 11.8 Å². The number of nitrogens with zero attached hydrogens (tertiary/aromatic N) is 2. The Morgan fingerprint density at radius 2 is 0.989 bits per heavy atom. The summed E-state index contributed by atoms with van der Waals surface area (Å²) in [6.07, 6.45) is 2.58. The zero-order valence-electron chi connectivity index (χ0n) is 50.7. The normalized spacial score (nSPS) is 25.0. The van der Waals surface area contributed by atoms with Gasteiger partial charge in [-0.1, -0.05) is 47.6 Å². The van der Waals surface area contributed by atoms with Crippen molar-refractivity contribution in [1.82, 2.24) is 41.7 Å². The zero-order valence-corrected chi connectivity index (χ0v) is 50.7. The highest BCUT2D eigenvalue weighted by molar-refractivity contribution is 6.00. The summed E-state index contributed by atoms with van der Waals surface area (Å²) < 4.78 is 32.5. The molecule has 4 aliphatic heterocycles. The van der Waals surface area contributed by atoms with Crippen molar-refractivity contribution in [2.75, 3.05) is 99.7 Å². The van der Waals surface area contributed by atoms with Gasteiger partial charge in [0.05, 0.1) is 91.7 Å². The number of hydrogen-bond acceptors (Lipinski definition) is 20. The lowest BCUT2D eigenvalue weighted by Gasteiger charge is -2.32. The molecule has 2 aromatic rings. The maximum Gasteiger partial charge on any atom is 0.246 e. The third-order valence-corrected chi connectivity index (χ3v) is 17.4. The minimum Gasteiger partial charge on any atom is -0.497 e. The van der Waals surface area contributed by atoms with Crippen LogP contribution in [-0.2, 0) is 57.3 Å². The second-order valence-electron chi connectivity index (χ2n) is 24.0. The second-order valence-corrected chi connectivity index (χ2v) is 24.0. The fourth-order valence-electron chi connectivity index (χ4n) is 11.7. The number of carbonyl (C=O) groups excluding carboxylic acids is 8. The van der Waals surface area contributed by atoms with Crippen LogP contribution in [0.25, 0.3) is 0 Å². The molecule has 6 aliphatic rings. The van der Waals surface area contributed by atoms with Gasteiger partial charge in [-0.05, 0) is 113 Å². The van der Waals surface area contributed by atoms with Crippen molar-refractivity contribution >= 4 is 47.0 Å². The average molecular weight is 1230 g/mol. The number of aliphatic hydroxyl groups is 4. The first-order chi connectivity index (χ1) is 42.1. The van der Waals surface area contributed by atoms with Gasteiger partial charge in [-0.15, -0.1) is 0 Å². The topological polar surface area (TPSA) is 358 Å². The van der Waals surface area contributed by atoms with E-state index in [2.05, 4.69) is 31.9 Å². The number of aliphatic hydroxyl groups excluding tert-OH is 4. The molecule has 0 radical (unpaired) electrons. The van der Waals surface area contributed by atoms with Gasteiger partial charge in [-0.2, -0.15) is 0 Å². The summed E-state index contributed by atoms with van der Waals surface area (Å²) in [6.45, 7) is 7.48. The van der Waals surface area contributed by atoms with E-state index in [4.69, 9.17) is 28.4 Å². The highest BCUT2D eigenvalue weighted by atomic mass is 16.6. The van der Waals surface area contributed by atoms with E-state index in [1.54, 1.807) is 38.1 Å². The summed E-state index contributed by atoms with van der Waals surface area (Å²) >= 11 is 0. The van der Waals surface area contributed by atoms with Gasteiger partial charge in [-0.25, -0.2) is 0 Å². The van der Waals surface area contributed by atoms with Crippen molar-refractivity contribution in [3.8, 4) is 11.5 Å². The zero-order chi connectivity index (χ0) is 63.3. The van der Waals surface area contributed by atoms with Gasteiger partial charge < -0.3 is 80.7 Å². The van der Waals surface area contributed by atoms with Crippen LogP contribution in [0.4, 0.5) is 0 Å². The number of methoxy groups -OCH3 is 2. The number of benzene rings is 2. The monoisotopic (exact) mass is 1230 g/mol. The number of Topliss-reactive ketones (excluding diaryl/α,β-unsaturated/α-hetero) is 2. The Labute approximate surface area is 511 Å². The van der Waals surface area contributed by atoms with Gasteiger partial charge in [0.25, 0.3) is 0 Å². The summed E-state index contributed by atoms with van der Waals surface area (Å²) in [6, 6.07) is 3.47. The molecule has 8 rings (SSSR count). The number of nitrogens with one attached hydrogen (secondary N) is 6. The highest BCUT2D eigenvalue weighted by Crippen LogP contribution is 2.42. The summed E-state index contributed by atoms with van der Waals surface area (Å²) in [5.41, 5.74) is -0.221. The van der Waals surface area contributed by atoms with Crippen LogP contribution < -0.4 is 41.4 Å². The molecule has 0 bridgehead atoms. The first-order valence-corrected chi connectivity index (χ1v) is 30.2. The van der Waals surface area contributed by atoms with Crippen LogP contribution in [0.2, 0.25) is 0 Å². The van der Waals surface area contributed by atoms with Crippen molar-refractivity contribution in [2.45, 2.75) is 131 Å². The van der Waals surface area contributed by atoms with Crippen LogP contribution in [0.5, 0.6) is 11.5 Å². The third-order valence-electron chi connectivity index (χ3n) is 17.4. The Morgan fingerprint density at radius 1 is 0.568 bits per heavy atom. The van der Waals surface area contributed by atoms with Gasteiger partial charge in [0.15, 0.2) is 11.6 Å². The highest BCUT2D eigenvalue weighted by Gasteiger charge is 2.52. The van der Waals surface area contributed by atoms with Crippen LogP contribution in [0.15, 0.2) is 71.8 Å². The molecule has 0 aromatic heterocycles. The van der Waals surface area contributed by atoms with Gasteiger partial charge in [0, 0.05) is 26.2 Å². The summed E-state index contributed by atoms with van der Waals surface area (Å²) in [5.74, 6) is -4.61. The molecule has 0 spiro atoms. The smallest absolute Gasteiger partial charge is 0.246 e. The number of amides is 6. The molecule has 88 heavy (non-hydrogen) atoms. The Balaban J connectivity index is 0.942. The third kappa shape index (κ3) is 18.0. The number of carbonyl (C=O) groups is 8. The van der Waals surface area contributed by atoms with Crippen molar-refractivity contribution in [1.29, 1.82) is 0 Å². The van der Waals surface area contributed by atoms with E-state index in [0.717, 1.165) is 17.6 Å². The van der Waals surface area contributed by atoms with Gasteiger partial charge >= 0.3 is 0 Å². The van der Waals surface area contributed by atoms with Crippen LogP contribution >= 0.6 is 0 Å². The van der Waals surface area contributed by atoms with Crippen LogP contribution in [-0.4, -0.2) is 231 Å². The molecule has 2 aliphatic carbocycles. The molecule has 26 nitrogen and oxygen atoms in total. The summed E-state index contributed by atoms with van der Waals surface area (Å²) in [7, 11) is 2.93. The average Bonchev–Trinajstić information content (AvgIpc) is 2.91. The van der Waals surface area contributed by atoms with Gasteiger partial charge in [0.1, 0.15) is 59.1 Å². The first-order valence-electron chi connectivity index (χ1n) is 30.2. The first kappa shape index (κ1) is 67.2. The van der Waals surface area contributed by atoms with E-state index in [0.29, 0.717) is 89.8 Å². The summed E-state index contributed by atoms with van der Waals surface area (Å²) in [4.78, 5) is 116. The quantitative estimate of drug-likeness (QED) is 0.0319. The molecule has 4 fully saturated rings. The molecule has 13 unspecified atom stereocenters. The number of rotatable bonds is 31. The van der Waals surface area contributed by atoms with E-state index >= 15 is 0 Å². The molecule has 4 heterocycles. The van der Waals surface area contributed by atoms with E-state index in [-0.39, 0.29) is 62.1 Å². The van der Waals surface area contributed by atoms with Crippen LogP contribution in [0.1, 0.15) is 89.1 Å². The standard InChI is InChI=1S/C62H86N8O18/c1-36(72)50(66-49(74)32-70-21-25-86-26-22-70)58(80)68-52(54(76)40-13-17-44(84-5)18-14-40)60(82)64-45(55(77)61(2)34-87-61)29-37-7-6-8-41(27-37)42-10-9-38(28-42)30-46(56(78)62(3)35-88-62)65-59(81)51(53(75)39-11-15-43(83-4)16-12-39)67-57(79)47(33-71)63-48(73)31-69-19-23-85-24-20-69/h7,9,11-18,36,41-42,45-47,50-54,71-72,75-76H,6,8,10,19-35H2,1-5H3,(H,63,73)(H,64,82)(H,65,81)(H,66,74)(H,67,79)(H,68,80). The van der Waals surface area contributed by atoms with Crippen molar-refractivity contribution in [2.24, 2.45) is 11.8 Å². The minimum absolute atomic E-state index is 0.0683. The molecular weight excluding hydrogens is 1140 g/mol. The Hall–Kier alpha value is -6.72. The number of hydrogen-bond donors (Lipinski definition) is 10. The molecule has 26 heteroatoms. The Bertz CT molecular complexity index is 2850. The van der Waals surface area contributed by atoms with Crippen molar-refractivity contribution in [3.63, 3.8) is 0 Å². The van der Waals surface area contributed by atoms with Gasteiger partial charge in [-0.3, -0.25) is 48.2 Å². The molecule has 13 atom stereocenters. The predicted octanol–water partition coefficient (Wildman–Crippen LogP) is -1.02. The fraction of sp³-hybridized carbons (Fsp3) is 0.613. The van der Waals surface area contributed by atoms with E-state index < -0.39 is 119 Å². The van der Waals surface area contributed by atoms with Crippen LogP contribution in [0.3, 0.4) is 0 Å². The molecule has 6 amide bonds. The maximum absolute atomic E-state index is 14.7. The lowest BCUT2D eigenvalue weighted by atomic mass is 9.76. The lowest BCUT2D eigenvalue weighted by molar-refractivity contribution is -0.138. The maximum atomic E-state index is 14.7. The Kier molecular flexibility index (Phi) is 23.4. The van der Waals surface area contributed by atoms with E-state index in [1.807, 2.05) is 22.0 Å². The Morgan fingerprint density at radius 3 is 1.42 bits per heavy atom. The molecule has 10 N–H and O–H groups in total. The number of epoxide rings is 2. The lowest BCUT2D eigenvalue weighted by Crippen LogP contribution is -2.60. The van der Waals surface area contributed by atoms with E-state index in [1.165, 1.54) is 45.4 Å². The fourth-order valence-corrected chi connectivity index (χ4v) is 11.7. The number of allylic oxidation sites excluding steroid dienone is 2. The van der Waals surface area contributed by atoms with Crippen molar-refractivity contribution in [3.05, 3.63) is 83.0 Å².